The second kappa shape index (κ2) is 7.91. The van der Waals surface area contributed by atoms with Gasteiger partial charge in [-0.2, -0.15) is 0 Å². The number of hydrogen-bond acceptors (Lipinski definition) is 4. The molecule has 0 spiro atoms. The highest BCUT2D eigenvalue weighted by molar-refractivity contribution is 6.06. The number of nitrogens with zero attached hydrogens (tertiary/aromatic N) is 1. The third-order valence-corrected chi connectivity index (χ3v) is 5.16. The van der Waals surface area contributed by atoms with Crippen molar-refractivity contribution in [3.05, 3.63) is 47.5 Å². The molecule has 1 amide bonds. The molecular formula is C22H29N3O2. The van der Waals surface area contributed by atoms with Crippen LogP contribution in [0.4, 0.5) is 17.1 Å². The van der Waals surface area contributed by atoms with Crippen molar-refractivity contribution >= 4 is 23.0 Å². The Kier molecular flexibility index (Phi) is 5.59. The van der Waals surface area contributed by atoms with E-state index in [1.165, 1.54) is 6.42 Å². The minimum absolute atomic E-state index is 0.198. The number of aryl methyl sites for hydroxylation is 1. The summed E-state index contributed by atoms with van der Waals surface area (Å²) in [6, 6.07) is 11.0. The quantitative estimate of drug-likeness (QED) is 0.790. The maximum Gasteiger partial charge on any atom is 0.255 e. The summed E-state index contributed by atoms with van der Waals surface area (Å²) in [7, 11) is 1.59. The monoisotopic (exact) mass is 367 g/mol. The first kappa shape index (κ1) is 19.1. The third-order valence-electron chi connectivity index (χ3n) is 5.16. The summed E-state index contributed by atoms with van der Waals surface area (Å²) in [6.45, 7) is 8.71. The van der Waals surface area contributed by atoms with Crippen LogP contribution < -0.4 is 20.7 Å². The molecule has 1 aliphatic heterocycles. The minimum atomic E-state index is -0.198. The summed E-state index contributed by atoms with van der Waals surface area (Å²) in [5.74, 6) is 1.76. The van der Waals surface area contributed by atoms with E-state index < -0.39 is 0 Å². The molecule has 0 radical (unpaired) electrons. The highest BCUT2D eigenvalue weighted by atomic mass is 16.5. The van der Waals surface area contributed by atoms with Crippen LogP contribution in [0.15, 0.2) is 36.4 Å². The van der Waals surface area contributed by atoms with E-state index in [2.05, 4.69) is 31.0 Å². The molecule has 0 saturated carbocycles. The van der Waals surface area contributed by atoms with Gasteiger partial charge >= 0.3 is 0 Å². The number of ether oxygens (including phenoxy) is 1. The maximum atomic E-state index is 12.7. The van der Waals surface area contributed by atoms with E-state index in [4.69, 9.17) is 10.5 Å². The molecule has 5 nitrogen and oxygen atoms in total. The summed E-state index contributed by atoms with van der Waals surface area (Å²) >= 11 is 0. The van der Waals surface area contributed by atoms with Crippen LogP contribution in [-0.4, -0.2) is 26.1 Å². The van der Waals surface area contributed by atoms with Gasteiger partial charge in [0.05, 0.1) is 18.5 Å². The molecular weight excluding hydrogens is 338 g/mol. The number of carbonyl (C=O) groups excluding carboxylic acids is 1. The molecule has 27 heavy (non-hydrogen) atoms. The number of nitrogens with two attached hydrogens (primary N) is 1. The molecule has 1 saturated heterocycles. The fraction of sp³-hybridized carbons (Fsp3) is 0.409. The number of anilines is 3. The molecule has 5 heteroatoms. The van der Waals surface area contributed by atoms with Crippen LogP contribution >= 0.6 is 0 Å². The number of methoxy groups -OCH3 is 1. The summed E-state index contributed by atoms with van der Waals surface area (Å²) in [4.78, 5) is 15.1. The first-order valence-electron chi connectivity index (χ1n) is 9.47. The van der Waals surface area contributed by atoms with Crippen LogP contribution in [0.5, 0.6) is 5.75 Å². The highest BCUT2D eigenvalue weighted by Crippen LogP contribution is 2.34. The van der Waals surface area contributed by atoms with Gasteiger partial charge in [0.2, 0.25) is 0 Å². The van der Waals surface area contributed by atoms with Crippen molar-refractivity contribution in [2.75, 3.05) is 36.1 Å². The molecule has 1 fully saturated rings. The van der Waals surface area contributed by atoms with Crippen molar-refractivity contribution < 1.29 is 9.53 Å². The van der Waals surface area contributed by atoms with Crippen LogP contribution in [0.25, 0.3) is 0 Å². The average Bonchev–Trinajstić information content (AvgIpc) is 2.63. The molecule has 0 bridgehead atoms. The lowest BCUT2D eigenvalue weighted by atomic mass is 9.91. The fourth-order valence-electron chi connectivity index (χ4n) is 3.99. The van der Waals surface area contributed by atoms with Gasteiger partial charge in [-0.15, -0.1) is 0 Å². The van der Waals surface area contributed by atoms with Gasteiger partial charge in [-0.25, -0.2) is 0 Å². The third kappa shape index (κ3) is 4.35. The van der Waals surface area contributed by atoms with Crippen LogP contribution in [0, 0.1) is 18.8 Å². The molecule has 3 N–H and O–H groups in total. The molecule has 144 valence electrons. The maximum absolute atomic E-state index is 12.7. The number of nitrogen functional groups attached to an aromatic ring is 1. The number of amides is 1. The Balaban J connectivity index is 1.86. The predicted molar refractivity (Wildman–Crippen MR) is 112 cm³/mol. The Morgan fingerprint density at radius 3 is 2.56 bits per heavy atom. The summed E-state index contributed by atoms with van der Waals surface area (Å²) in [6.07, 6.45) is 1.25. The normalized spacial score (nSPS) is 19.6. The molecule has 0 aliphatic carbocycles. The van der Waals surface area contributed by atoms with Crippen LogP contribution in [0.2, 0.25) is 0 Å². The standard InChI is InChI=1S/C22H29N3O2/c1-14-8-15(2)13-25(12-14)21-11-20(19(23)9-16(21)3)24-22(26)17-6-5-7-18(10-17)27-4/h5-7,9-11,14-15H,8,12-13,23H2,1-4H3,(H,24,26)/t14-,15-/m0/s1. The van der Waals surface area contributed by atoms with Gasteiger partial charge in [-0.05, 0) is 61.1 Å². The van der Waals surface area contributed by atoms with Crippen LogP contribution in [0.3, 0.4) is 0 Å². The summed E-state index contributed by atoms with van der Waals surface area (Å²) in [5.41, 5.74) is 10.2. The van der Waals surface area contributed by atoms with Crippen molar-refractivity contribution in [1.29, 1.82) is 0 Å². The van der Waals surface area contributed by atoms with E-state index in [9.17, 15) is 4.79 Å². The van der Waals surface area contributed by atoms with Gasteiger partial charge in [-0.3, -0.25) is 4.79 Å². The van der Waals surface area contributed by atoms with Gasteiger partial charge in [0, 0.05) is 24.3 Å². The van der Waals surface area contributed by atoms with Crippen molar-refractivity contribution in [1.82, 2.24) is 0 Å². The van der Waals surface area contributed by atoms with Gasteiger partial charge in [0.25, 0.3) is 5.91 Å². The lowest BCUT2D eigenvalue weighted by Crippen LogP contribution is -2.39. The SMILES string of the molecule is COc1cccc(C(=O)Nc2cc(N3C[C@@H](C)C[C@H](C)C3)c(C)cc2N)c1. The first-order valence-corrected chi connectivity index (χ1v) is 9.47. The zero-order valence-corrected chi connectivity index (χ0v) is 16.6. The molecule has 1 aliphatic rings. The Morgan fingerprint density at radius 2 is 1.89 bits per heavy atom. The number of carbonyl (C=O) groups is 1. The molecule has 1 heterocycles. The van der Waals surface area contributed by atoms with Crippen molar-refractivity contribution in [3.8, 4) is 5.75 Å². The largest absolute Gasteiger partial charge is 0.497 e. The average molecular weight is 367 g/mol. The Hall–Kier alpha value is -2.69. The number of piperidine rings is 1. The van der Waals surface area contributed by atoms with E-state index in [-0.39, 0.29) is 5.91 Å². The van der Waals surface area contributed by atoms with E-state index in [0.29, 0.717) is 34.5 Å². The van der Waals surface area contributed by atoms with E-state index >= 15 is 0 Å². The van der Waals surface area contributed by atoms with E-state index in [1.807, 2.05) is 18.2 Å². The Labute approximate surface area is 161 Å². The fourth-order valence-corrected chi connectivity index (χ4v) is 3.99. The van der Waals surface area contributed by atoms with Crippen molar-refractivity contribution in [3.63, 3.8) is 0 Å². The van der Waals surface area contributed by atoms with Crippen LogP contribution in [0.1, 0.15) is 36.2 Å². The zero-order chi connectivity index (χ0) is 19.6. The molecule has 2 aromatic carbocycles. The smallest absolute Gasteiger partial charge is 0.255 e. The first-order chi connectivity index (χ1) is 12.9. The second-order valence-electron chi connectivity index (χ2n) is 7.76. The van der Waals surface area contributed by atoms with Gasteiger partial charge in [0.15, 0.2) is 0 Å². The lowest BCUT2D eigenvalue weighted by Gasteiger charge is -2.37. The predicted octanol–water partition coefficient (Wildman–Crippen LogP) is 4.32. The van der Waals surface area contributed by atoms with Crippen LogP contribution in [-0.2, 0) is 0 Å². The summed E-state index contributed by atoms with van der Waals surface area (Å²) < 4.78 is 5.20. The lowest BCUT2D eigenvalue weighted by molar-refractivity contribution is 0.102. The van der Waals surface area contributed by atoms with Crippen molar-refractivity contribution in [2.45, 2.75) is 27.2 Å². The zero-order valence-electron chi connectivity index (χ0n) is 16.6. The Morgan fingerprint density at radius 1 is 1.19 bits per heavy atom. The molecule has 3 rings (SSSR count). The molecule has 0 aromatic heterocycles. The Bertz CT molecular complexity index is 824. The van der Waals surface area contributed by atoms with Gasteiger partial charge < -0.3 is 20.7 Å². The number of rotatable bonds is 4. The highest BCUT2D eigenvalue weighted by Gasteiger charge is 2.24. The van der Waals surface area contributed by atoms with E-state index in [0.717, 1.165) is 24.3 Å². The summed E-state index contributed by atoms with van der Waals surface area (Å²) in [5, 5.41) is 2.96. The second-order valence-corrected chi connectivity index (χ2v) is 7.76. The van der Waals surface area contributed by atoms with Gasteiger partial charge in [0.1, 0.15) is 5.75 Å². The number of benzene rings is 2. The molecule has 0 unspecified atom stereocenters. The van der Waals surface area contributed by atoms with E-state index in [1.54, 1.807) is 25.3 Å². The minimum Gasteiger partial charge on any atom is -0.497 e. The number of hydrogen-bond donors (Lipinski definition) is 2. The van der Waals surface area contributed by atoms with Gasteiger partial charge in [-0.1, -0.05) is 19.9 Å². The molecule has 2 atom stereocenters. The topological polar surface area (TPSA) is 67.6 Å². The molecule has 2 aromatic rings. The number of nitrogens with one attached hydrogen (secondary N) is 1. The van der Waals surface area contributed by atoms with Crippen molar-refractivity contribution in [2.24, 2.45) is 11.8 Å².